The lowest BCUT2D eigenvalue weighted by molar-refractivity contribution is -0.139. The van der Waals surface area contributed by atoms with Crippen molar-refractivity contribution in [2.75, 3.05) is 25.6 Å². The molecule has 0 fully saturated rings. The number of likely N-dealkylation sites (N-methyl/N-ethyl adjacent to an activating group) is 1. The molecule has 0 aliphatic carbocycles. The highest BCUT2D eigenvalue weighted by atomic mass is 32.2. The molecule has 22 heavy (non-hydrogen) atoms. The number of methoxy groups -OCH3 is 1. The SMILES string of the molecule is COC(=O)CNS(=O)(=O)c1ccc2c(c1)C(C)(C)C(=O)N2C. The van der Waals surface area contributed by atoms with Crippen LogP contribution in [0.4, 0.5) is 5.69 Å². The van der Waals surface area contributed by atoms with Gasteiger partial charge in [-0.05, 0) is 37.6 Å². The Morgan fingerprint density at radius 3 is 2.59 bits per heavy atom. The molecule has 0 unspecified atom stereocenters. The molecule has 0 saturated heterocycles. The Kier molecular flexibility index (Phi) is 4.01. The molecule has 0 radical (unpaired) electrons. The number of benzene rings is 1. The summed E-state index contributed by atoms with van der Waals surface area (Å²) in [6.45, 7) is 3.05. The van der Waals surface area contributed by atoms with E-state index in [1.807, 2.05) is 0 Å². The topological polar surface area (TPSA) is 92.8 Å². The number of hydrogen-bond acceptors (Lipinski definition) is 5. The van der Waals surface area contributed by atoms with Crippen LogP contribution in [0.2, 0.25) is 0 Å². The lowest BCUT2D eigenvalue weighted by atomic mass is 9.86. The quantitative estimate of drug-likeness (QED) is 0.808. The van der Waals surface area contributed by atoms with Crippen LogP contribution >= 0.6 is 0 Å². The highest BCUT2D eigenvalue weighted by molar-refractivity contribution is 7.89. The van der Waals surface area contributed by atoms with Gasteiger partial charge in [0.2, 0.25) is 15.9 Å². The van der Waals surface area contributed by atoms with E-state index in [4.69, 9.17) is 0 Å². The minimum absolute atomic E-state index is 0.00586. The molecule has 1 heterocycles. The molecule has 1 amide bonds. The molecule has 0 aromatic heterocycles. The molecule has 0 bridgehead atoms. The van der Waals surface area contributed by atoms with Crippen LogP contribution in [0.5, 0.6) is 0 Å². The second-order valence-corrected chi connectivity index (χ2v) is 7.34. The van der Waals surface area contributed by atoms with Crippen molar-refractivity contribution in [2.45, 2.75) is 24.2 Å². The van der Waals surface area contributed by atoms with Crippen molar-refractivity contribution in [1.29, 1.82) is 0 Å². The normalized spacial score (nSPS) is 16.5. The Morgan fingerprint density at radius 1 is 1.36 bits per heavy atom. The molecule has 1 aromatic rings. The van der Waals surface area contributed by atoms with E-state index in [2.05, 4.69) is 9.46 Å². The van der Waals surface area contributed by atoms with Crippen molar-refractivity contribution in [3.63, 3.8) is 0 Å². The van der Waals surface area contributed by atoms with E-state index in [1.165, 1.54) is 24.1 Å². The number of fused-ring (bicyclic) bond motifs is 1. The molecule has 1 aliphatic rings. The van der Waals surface area contributed by atoms with Gasteiger partial charge in [0.25, 0.3) is 0 Å². The number of nitrogens with zero attached hydrogens (tertiary/aromatic N) is 1. The van der Waals surface area contributed by atoms with E-state index in [0.29, 0.717) is 11.3 Å². The van der Waals surface area contributed by atoms with E-state index >= 15 is 0 Å². The van der Waals surface area contributed by atoms with Crippen LogP contribution in [0.1, 0.15) is 19.4 Å². The third kappa shape index (κ3) is 2.59. The van der Waals surface area contributed by atoms with Crippen LogP contribution in [0, 0.1) is 0 Å². The first kappa shape index (κ1) is 16.4. The Hall–Kier alpha value is -1.93. The molecule has 0 saturated carbocycles. The average Bonchev–Trinajstić information content (AvgIpc) is 2.66. The first-order chi connectivity index (χ1) is 10.1. The highest BCUT2D eigenvalue weighted by Crippen LogP contribution is 2.41. The third-order valence-corrected chi connectivity index (χ3v) is 5.19. The fourth-order valence-corrected chi connectivity index (χ4v) is 3.42. The number of ether oxygens (including phenoxy) is 1. The van der Waals surface area contributed by atoms with Crippen LogP contribution in [0.15, 0.2) is 23.1 Å². The van der Waals surface area contributed by atoms with Crippen LogP contribution in [-0.4, -0.2) is 41.0 Å². The van der Waals surface area contributed by atoms with Crippen LogP contribution in [-0.2, 0) is 29.8 Å². The zero-order valence-corrected chi connectivity index (χ0v) is 13.7. The molecule has 0 atom stereocenters. The fourth-order valence-electron chi connectivity index (χ4n) is 2.43. The van der Waals surface area contributed by atoms with Gasteiger partial charge in [-0.3, -0.25) is 9.59 Å². The predicted octanol–water partition coefficient (Wildman–Crippen LogP) is 0.392. The Morgan fingerprint density at radius 2 is 2.00 bits per heavy atom. The number of carbonyl (C=O) groups is 2. The molecule has 1 N–H and O–H groups in total. The van der Waals surface area contributed by atoms with Gasteiger partial charge in [-0.2, -0.15) is 4.72 Å². The van der Waals surface area contributed by atoms with E-state index < -0.39 is 28.0 Å². The molecular formula is C14H18N2O5S. The summed E-state index contributed by atoms with van der Waals surface area (Å²) in [5.74, 6) is -0.778. The number of esters is 1. The maximum atomic E-state index is 12.2. The van der Waals surface area contributed by atoms with Crippen molar-refractivity contribution in [3.05, 3.63) is 23.8 Å². The van der Waals surface area contributed by atoms with Gasteiger partial charge in [0.1, 0.15) is 6.54 Å². The van der Waals surface area contributed by atoms with Gasteiger partial charge >= 0.3 is 5.97 Å². The molecule has 7 nitrogen and oxygen atoms in total. The summed E-state index contributed by atoms with van der Waals surface area (Å²) in [5, 5.41) is 0. The van der Waals surface area contributed by atoms with Crippen molar-refractivity contribution in [2.24, 2.45) is 0 Å². The molecule has 1 aliphatic heterocycles. The number of hydrogen-bond donors (Lipinski definition) is 1. The number of sulfonamides is 1. The Bertz CT molecular complexity index is 740. The second kappa shape index (κ2) is 5.36. The predicted molar refractivity (Wildman–Crippen MR) is 80.1 cm³/mol. The van der Waals surface area contributed by atoms with Gasteiger partial charge in [-0.15, -0.1) is 0 Å². The molecule has 2 rings (SSSR count). The highest BCUT2D eigenvalue weighted by Gasteiger charge is 2.42. The van der Waals surface area contributed by atoms with Gasteiger partial charge in [-0.25, -0.2) is 8.42 Å². The van der Waals surface area contributed by atoms with E-state index in [0.717, 1.165) is 0 Å². The summed E-state index contributed by atoms with van der Waals surface area (Å²) in [7, 11) is -1.02. The summed E-state index contributed by atoms with van der Waals surface area (Å²) in [6, 6.07) is 4.47. The second-order valence-electron chi connectivity index (χ2n) is 5.57. The first-order valence-electron chi connectivity index (χ1n) is 6.60. The minimum atomic E-state index is -3.85. The average molecular weight is 326 g/mol. The van der Waals surface area contributed by atoms with Crippen LogP contribution < -0.4 is 9.62 Å². The lowest BCUT2D eigenvalue weighted by Crippen LogP contribution is -2.33. The lowest BCUT2D eigenvalue weighted by Gasteiger charge is -2.16. The maximum Gasteiger partial charge on any atom is 0.320 e. The fraction of sp³-hybridized carbons (Fsp3) is 0.429. The smallest absolute Gasteiger partial charge is 0.320 e. The van der Waals surface area contributed by atoms with Gasteiger partial charge in [-0.1, -0.05) is 0 Å². The van der Waals surface area contributed by atoms with Gasteiger partial charge in [0.05, 0.1) is 17.4 Å². The number of anilines is 1. The molecule has 1 aromatic carbocycles. The van der Waals surface area contributed by atoms with Crippen molar-refractivity contribution in [1.82, 2.24) is 4.72 Å². The summed E-state index contributed by atoms with van der Waals surface area (Å²) in [6.07, 6.45) is 0. The molecule has 120 valence electrons. The summed E-state index contributed by atoms with van der Waals surface area (Å²) in [4.78, 5) is 24.8. The van der Waals surface area contributed by atoms with Crippen molar-refractivity contribution < 1.29 is 22.7 Å². The van der Waals surface area contributed by atoms with Crippen LogP contribution in [0.3, 0.4) is 0 Å². The minimum Gasteiger partial charge on any atom is -0.468 e. The van der Waals surface area contributed by atoms with Gasteiger partial charge in [0.15, 0.2) is 0 Å². The third-order valence-electron chi connectivity index (χ3n) is 3.79. The zero-order valence-electron chi connectivity index (χ0n) is 12.8. The first-order valence-corrected chi connectivity index (χ1v) is 8.08. The van der Waals surface area contributed by atoms with Gasteiger partial charge in [0, 0.05) is 12.7 Å². The van der Waals surface area contributed by atoms with Crippen molar-refractivity contribution in [3.8, 4) is 0 Å². The summed E-state index contributed by atoms with van der Waals surface area (Å²) >= 11 is 0. The number of nitrogens with one attached hydrogen (secondary N) is 1. The van der Waals surface area contributed by atoms with E-state index in [1.54, 1.807) is 27.0 Å². The largest absolute Gasteiger partial charge is 0.468 e. The van der Waals surface area contributed by atoms with Crippen molar-refractivity contribution >= 4 is 27.6 Å². The van der Waals surface area contributed by atoms with Crippen LogP contribution in [0.25, 0.3) is 0 Å². The molecule has 0 spiro atoms. The number of rotatable bonds is 4. The van der Waals surface area contributed by atoms with E-state index in [-0.39, 0.29) is 10.8 Å². The Labute approximate surface area is 129 Å². The zero-order chi connectivity index (χ0) is 16.7. The standard InChI is InChI=1S/C14H18N2O5S/c1-14(2)10-7-9(5-6-11(10)16(3)13(14)18)22(19,20)15-8-12(17)21-4/h5-7,15H,8H2,1-4H3. The Balaban J connectivity index is 2.39. The molecular weight excluding hydrogens is 308 g/mol. The molecule has 8 heteroatoms. The van der Waals surface area contributed by atoms with E-state index in [9.17, 15) is 18.0 Å². The summed E-state index contributed by atoms with van der Waals surface area (Å²) < 4.78 is 31.0. The van der Waals surface area contributed by atoms with Gasteiger partial charge < -0.3 is 9.64 Å². The number of amides is 1. The monoisotopic (exact) mass is 326 g/mol. The maximum absolute atomic E-state index is 12.2. The number of carbonyl (C=O) groups excluding carboxylic acids is 2. The summed E-state index contributed by atoms with van der Waals surface area (Å²) in [5.41, 5.74) is 0.528.